The fraction of sp³-hybridized carbons (Fsp3) is 0.412. The molecule has 0 saturated carbocycles. The Kier molecular flexibility index (Phi) is 4.24. The molecule has 3 rings (SSSR count). The average Bonchev–Trinajstić information content (AvgIpc) is 2.82. The van der Waals surface area contributed by atoms with E-state index in [-0.39, 0.29) is 0 Å². The summed E-state index contributed by atoms with van der Waals surface area (Å²) >= 11 is 0. The summed E-state index contributed by atoms with van der Waals surface area (Å²) in [5.74, 6) is 0. The van der Waals surface area contributed by atoms with E-state index in [0.717, 1.165) is 48.8 Å². The predicted octanol–water partition coefficient (Wildman–Crippen LogP) is 2.07. The first-order chi connectivity index (χ1) is 10.6. The van der Waals surface area contributed by atoms with Crippen molar-refractivity contribution in [3.05, 3.63) is 47.3 Å². The fourth-order valence-electron chi connectivity index (χ4n) is 2.71. The minimum absolute atomic E-state index is 0.984. The van der Waals surface area contributed by atoms with Gasteiger partial charge in [0.15, 0.2) is 0 Å². The van der Waals surface area contributed by atoms with Gasteiger partial charge in [-0.1, -0.05) is 18.2 Å². The quantitative estimate of drug-likeness (QED) is 0.814. The van der Waals surface area contributed by atoms with Crippen LogP contribution in [0.15, 0.2) is 35.4 Å². The third-order valence-corrected chi connectivity index (χ3v) is 4.18. The van der Waals surface area contributed by atoms with Crippen molar-refractivity contribution in [3.8, 4) is 5.69 Å². The first-order valence-corrected chi connectivity index (χ1v) is 7.74. The summed E-state index contributed by atoms with van der Waals surface area (Å²) < 4.78 is 1.99. The summed E-state index contributed by atoms with van der Waals surface area (Å²) in [5, 5.41) is 11.4. The van der Waals surface area contributed by atoms with Crippen molar-refractivity contribution in [1.29, 1.82) is 0 Å². The molecule has 0 N–H and O–H groups in total. The standard InChI is InChI=1S/C17H23N5/c1-14-17(13-18-21-11-9-20(3)10-12-21)15(2)22(19-14)16-7-5-4-6-8-16/h4-8,13H,9-12H2,1-3H3/b18-13-. The highest BCUT2D eigenvalue weighted by molar-refractivity contribution is 5.82. The summed E-state index contributed by atoms with van der Waals surface area (Å²) in [6.07, 6.45) is 1.96. The number of piperazine rings is 1. The van der Waals surface area contributed by atoms with Crippen LogP contribution in [0.3, 0.4) is 0 Å². The van der Waals surface area contributed by atoms with Crippen LogP contribution < -0.4 is 0 Å². The zero-order chi connectivity index (χ0) is 15.5. The second kappa shape index (κ2) is 6.32. The topological polar surface area (TPSA) is 36.7 Å². The molecular weight excluding hydrogens is 274 g/mol. The highest BCUT2D eigenvalue weighted by atomic mass is 15.5. The molecule has 1 aromatic carbocycles. The van der Waals surface area contributed by atoms with Crippen LogP contribution in [0, 0.1) is 13.8 Å². The summed E-state index contributed by atoms with van der Waals surface area (Å²) in [6.45, 7) is 8.24. The largest absolute Gasteiger partial charge is 0.303 e. The summed E-state index contributed by atoms with van der Waals surface area (Å²) in [7, 11) is 2.15. The van der Waals surface area contributed by atoms with E-state index in [1.165, 1.54) is 0 Å². The minimum Gasteiger partial charge on any atom is -0.303 e. The number of hydrogen-bond acceptors (Lipinski definition) is 4. The molecule has 1 aliphatic heterocycles. The van der Waals surface area contributed by atoms with Crippen LogP contribution in [0.5, 0.6) is 0 Å². The molecule has 0 unspecified atom stereocenters. The summed E-state index contributed by atoms with van der Waals surface area (Å²) in [6, 6.07) is 10.2. The molecule has 1 saturated heterocycles. The fourth-order valence-corrected chi connectivity index (χ4v) is 2.71. The van der Waals surface area contributed by atoms with E-state index in [1.807, 2.05) is 36.0 Å². The number of hydrogen-bond donors (Lipinski definition) is 0. The van der Waals surface area contributed by atoms with Gasteiger partial charge in [-0.15, -0.1) is 0 Å². The first-order valence-electron chi connectivity index (χ1n) is 7.74. The van der Waals surface area contributed by atoms with E-state index >= 15 is 0 Å². The highest BCUT2D eigenvalue weighted by Crippen LogP contribution is 2.16. The second-order valence-corrected chi connectivity index (χ2v) is 5.83. The third-order valence-electron chi connectivity index (χ3n) is 4.18. The molecule has 0 atom stereocenters. The Morgan fingerprint density at radius 3 is 2.41 bits per heavy atom. The van der Waals surface area contributed by atoms with Crippen LogP contribution in [-0.2, 0) is 0 Å². The molecular formula is C17H23N5. The normalized spacial score (nSPS) is 16.6. The van der Waals surface area contributed by atoms with Crippen LogP contribution >= 0.6 is 0 Å². The van der Waals surface area contributed by atoms with E-state index in [0.29, 0.717) is 0 Å². The van der Waals surface area contributed by atoms with E-state index in [9.17, 15) is 0 Å². The van der Waals surface area contributed by atoms with Crippen LogP contribution in [0.25, 0.3) is 5.69 Å². The molecule has 0 radical (unpaired) electrons. The molecule has 116 valence electrons. The maximum Gasteiger partial charge on any atom is 0.0689 e. The van der Waals surface area contributed by atoms with Crippen molar-refractivity contribution >= 4 is 6.21 Å². The number of rotatable bonds is 3. The van der Waals surface area contributed by atoms with Crippen LogP contribution in [0.1, 0.15) is 17.0 Å². The van der Waals surface area contributed by atoms with Gasteiger partial charge in [-0.3, -0.25) is 5.01 Å². The van der Waals surface area contributed by atoms with E-state index in [2.05, 4.69) is 46.2 Å². The molecule has 1 aromatic heterocycles. The molecule has 1 aliphatic rings. The SMILES string of the molecule is Cc1nn(-c2ccccc2)c(C)c1/C=N\N1CCN(C)CC1. The molecule has 5 nitrogen and oxygen atoms in total. The second-order valence-electron chi connectivity index (χ2n) is 5.83. The molecule has 2 heterocycles. The van der Waals surface area contributed by atoms with E-state index < -0.39 is 0 Å². The number of benzene rings is 1. The minimum atomic E-state index is 0.984. The van der Waals surface area contributed by atoms with Gasteiger partial charge in [-0.05, 0) is 33.0 Å². The summed E-state index contributed by atoms with van der Waals surface area (Å²) in [4.78, 5) is 2.33. The zero-order valence-electron chi connectivity index (χ0n) is 13.5. The number of hydrazone groups is 1. The number of likely N-dealkylation sites (N-methyl/N-ethyl adjacent to an activating group) is 1. The van der Waals surface area contributed by atoms with Crippen molar-refractivity contribution in [3.63, 3.8) is 0 Å². The predicted molar refractivity (Wildman–Crippen MR) is 89.7 cm³/mol. The van der Waals surface area contributed by atoms with Crippen molar-refractivity contribution < 1.29 is 0 Å². The number of aromatic nitrogens is 2. The van der Waals surface area contributed by atoms with Gasteiger partial charge in [-0.2, -0.15) is 10.2 Å². The van der Waals surface area contributed by atoms with Crippen molar-refractivity contribution in [1.82, 2.24) is 19.7 Å². The van der Waals surface area contributed by atoms with Crippen LogP contribution in [0.2, 0.25) is 0 Å². The van der Waals surface area contributed by atoms with Crippen LogP contribution in [-0.4, -0.2) is 59.1 Å². The Morgan fingerprint density at radius 2 is 1.73 bits per heavy atom. The van der Waals surface area contributed by atoms with E-state index in [4.69, 9.17) is 0 Å². The molecule has 22 heavy (non-hydrogen) atoms. The molecule has 0 amide bonds. The Labute approximate surface area is 131 Å². The zero-order valence-corrected chi connectivity index (χ0v) is 13.5. The molecule has 0 spiro atoms. The first kappa shape index (κ1) is 14.8. The smallest absolute Gasteiger partial charge is 0.0689 e. The van der Waals surface area contributed by atoms with Gasteiger partial charge in [0.2, 0.25) is 0 Å². The average molecular weight is 297 g/mol. The summed E-state index contributed by atoms with van der Waals surface area (Å²) in [5.41, 5.74) is 4.34. The van der Waals surface area contributed by atoms with Gasteiger partial charge in [0.05, 0.1) is 23.3 Å². The Morgan fingerprint density at radius 1 is 1.05 bits per heavy atom. The maximum atomic E-state index is 4.65. The van der Waals surface area contributed by atoms with Gasteiger partial charge >= 0.3 is 0 Å². The lowest BCUT2D eigenvalue weighted by Crippen LogP contribution is -2.41. The lowest BCUT2D eigenvalue weighted by Gasteiger charge is -2.30. The lowest BCUT2D eigenvalue weighted by molar-refractivity contribution is 0.159. The molecule has 1 fully saturated rings. The lowest BCUT2D eigenvalue weighted by atomic mass is 10.2. The number of para-hydroxylation sites is 1. The Balaban J connectivity index is 1.81. The van der Waals surface area contributed by atoms with Gasteiger partial charge < -0.3 is 4.90 Å². The monoisotopic (exact) mass is 297 g/mol. The van der Waals surface area contributed by atoms with Gasteiger partial charge in [0.1, 0.15) is 0 Å². The molecule has 0 bridgehead atoms. The van der Waals surface area contributed by atoms with Gasteiger partial charge in [0.25, 0.3) is 0 Å². The number of aryl methyl sites for hydroxylation is 1. The molecule has 5 heteroatoms. The Hall–Kier alpha value is -2.14. The Bertz CT molecular complexity index is 651. The molecule has 0 aliphatic carbocycles. The van der Waals surface area contributed by atoms with Crippen molar-refractivity contribution in [2.45, 2.75) is 13.8 Å². The van der Waals surface area contributed by atoms with Crippen molar-refractivity contribution in [2.24, 2.45) is 5.10 Å². The molecule has 2 aromatic rings. The number of nitrogens with zero attached hydrogens (tertiary/aromatic N) is 5. The van der Waals surface area contributed by atoms with E-state index in [1.54, 1.807) is 0 Å². The van der Waals surface area contributed by atoms with Crippen LogP contribution in [0.4, 0.5) is 0 Å². The van der Waals surface area contributed by atoms with Crippen molar-refractivity contribution in [2.75, 3.05) is 33.2 Å². The van der Waals surface area contributed by atoms with Gasteiger partial charge in [-0.25, -0.2) is 4.68 Å². The highest BCUT2D eigenvalue weighted by Gasteiger charge is 2.13. The maximum absolute atomic E-state index is 4.65. The third kappa shape index (κ3) is 3.04. The van der Waals surface area contributed by atoms with Gasteiger partial charge in [0, 0.05) is 31.7 Å².